The van der Waals surface area contributed by atoms with E-state index in [1.54, 1.807) is 24.3 Å². The molecule has 0 bridgehead atoms. The van der Waals surface area contributed by atoms with Gasteiger partial charge in [0, 0.05) is 57.0 Å². The highest BCUT2D eigenvalue weighted by atomic mass is 32.1. The lowest BCUT2D eigenvalue weighted by Gasteiger charge is -2.34. The fourth-order valence-electron chi connectivity index (χ4n) is 3.95. The van der Waals surface area contributed by atoms with E-state index >= 15 is 0 Å². The van der Waals surface area contributed by atoms with Crippen molar-refractivity contribution in [1.82, 2.24) is 15.2 Å². The molecule has 35 heavy (non-hydrogen) atoms. The predicted octanol–water partition coefficient (Wildman–Crippen LogP) is 2.78. The number of methoxy groups -OCH3 is 3. The van der Waals surface area contributed by atoms with E-state index < -0.39 is 4.92 Å². The van der Waals surface area contributed by atoms with Crippen molar-refractivity contribution in [3.63, 3.8) is 0 Å². The number of non-ortho nitro benzene ring substituents is 1. The smallest absolute Gasteiger partial charge is 0.270 e. The number of nitrogens with zero attached hydrogens (tertiary/aromatic N) is 4. The number of piperazine rings is 1. The Balaban J connectivity index is 1.29. The predicted molar refractivity (Wildman–Crippen MR) is 133 cm³/mol. The van der Waals surface area contributed by atoms with Gasteiger partial charge in [0.1, 0.15) is 0 Å². The van der Waals surface area contributed by atoms with Gasteiger partial charge in [0.25, 0.3) is 11.6 Å². The summed E-state index contributed by atoms with van der Waals surface area (Å²) >= 11 is 1.47. The van der Waals surface area contributed by atoms with Crippen LogP contribution in [0, 0.1) is 10.1 Å². The Kier molecular flexibility index (Phi) is 7.51. The van der Waals surface area contributed by atoms with Gasteiger partial charge in [-0.05, 0) is 18.2 Å². The van der Waals surface area contributed by atoms with Crippen molar-refractivity contribution in [3.05, 3.63) is 46.0 Å². The highest BCUT2D eigenvalue weighted by molar-refractivity contribution is 7.22. The monoisotopic (exact) mass is 501 g/mol. The van der Waals surface area contributed by atoms with Crippen LogP contribution in [-0.2, 0) is 0 Å². The van der Waals surface area contributed by atoms with E-state index in [0.29, 0.717) is 29.4 Å². The van der Waals surface area contributed by atoms with Crippen molar-refractivity contribution < 1.29 is 23.9 Å². The topological polar surface area (TPSA) is 119 Å². The molecule has 3 aromatic rings. The molecule has 11 nitrogen and oxygen atoms in total. The molecule has 2 heterocycles. The third kappa shape index (κ3) is 5.38. The van der Waals surface area contributed by atoms with Gasteiger partial charge in [0.15, 0.2) is 16.6 Å². The van der Waals surface area contributed by atoms with Crippen LogP contribution in [0.1, 0.15) is 10.4 Å². The first-order chi connectivity index (χ1) is 16.9. The van der Waals surface area contributed by atoms with Crippen molar-refractivity contribution >= 4 is 38.3 Å². The number of hydrogen-bond acceptors (Lipinski definition) is 10. The minimum atomic E-state index is -0.391. The largest absolute Gasteiger partial charge is 0.493 e. The van der Waals surface area contributed by atoms with Gasteiger partial charge in [-0.2, -0.15) is 0 Å². The zero-order chi connectivity index (χ0) is 24.9. The van der Waals surface area contributed by atoms with Crippen LogP contribution in [0.15, 0.2) is 30.3 Å². The molecule has 186 valence electrons. The summed E-state index contributed by atoms with van der Waals surface area (Å²) in [5, 5.41) is 14.8. The van der Waals surface area contributed by atoms with Crippen LogP contribution in [-0.4, -0.2) is 81.3 Å². The molecule has 0 aliphatic carbocycles. The molecule has 0 unspecified atom stereocenters. The number of aromatic nitrogens is 1. The summed E-state index contributed by atoms with van der Waals surface area (Å²) in [6, 6.07) is 8.00. The number of rotatable bonds is 9. The van der Waals surface area contributed by atoms with Crippen LogP contribution in [0.2, 0.25) is 0 Å². The first-order valence-electron chi connectivity index (χ1n) is 11.0. The number of anilines is 1. The number of thiazole rings is 1. The Morgan fingerprint density at radius 2 is 1.77 bits per heavy atom. The maximum absolute atomic E-state index is 12.7. The van der Waals surface area contributed by atoms with Crippen LogP contribution in [0.25, 0.3) is 10.2 Å². The minimum absolute atomic E-state index is 0.0751. The van der Waals surface area contributed by atoms with Crippen LogP contribution < -0.4 is 24.4 Å². The lowest BCUT2D eigenvalue weighted by molar-refractivity contribution is -0.384. The molecular formula is C23H27N5O6S. The van der Waals surface area contributed by atoms with E-state index in [4.69, 9.17) is 14.2 Å². The average molecular weight is 502 g/mol. The van der Waals surface area contributed by atoms with Gasteiger partial charge in [0.2, 0.25) is 5.75 Å². The Morgan fingerprint density at radius 3 is 2.37 bits per heavy atom. The molecule has 1 aliphatic heterocycles. The molecule has 2 aromatic carbocycles. The third-order valence-electron chi connectivity index (χ3n) is 5.85. The highest BCUT2D eigenvalue weighted by Crippen LogP contribution is 2.38. The van der Waals surface area contributed by atoms with Crippen molar-refractivity contribution in [3.8, 4) is 17.2 Å². The summed E-state index contributed by atoms with van der Waals surface area (Å²) in [6.07, 6.45) is 0. The van der Waals surface area contributed by atoms with Crippen molar-refractivity contribution in [2.75, 3.05) is 65.5 Å². The summed E-state index contributed by atoms with van der Waals surface area (Å²) in [6.45, 7) is 4.47. The van der Waals surface area contributed by atoms with Crippen LogP contribution >= 0.6 is 11.3 Å². The molecule has 1 aliphatic rings. The number of hydrogen-bond donors (Lipinski definition) is 1. The summed E-state index contributed by atoms with van der Waals surface area (Å²) < 4.78 is 16.8. The Morgan fingerprint density at radius 1 is 1.09 bits per heavy atom. The number of benzene rings is 2. The second-order valence-electron chi connectivity index (χ2n) is 7.90. The molecule has 1 aromatic heterocycles. The number of carbonyl (C=O) groups is 1. The molecule has 1 amide bonds. The molecule has 0 atom stereocenters. The van der Waals surface area contributed by atoms with Crippen molar-refractivity contribution in [2.24, 2.45) is 0 Å². The number of nitro groups is 1. The second-order valence-corrected chi connectivity index (χ2v) is 8.91. The van der Waals surface area contributed by atoms with Gasteiger partial charge in [-0.25, -0.2) is 4.98 Å². The van der Waals surface area contributed by atoms with Crippen molar-refractivity contribution in [2.45, 2.75) is 0 Å². The van der Waals surface area contributed by atoms with Gasteiger partial charge in [-0.1, -0.05) is 11.3 Å². The average Bonchev–Trinajstić information content (AvgIpc) is 3.31. The highest BCUT2D eigenvalue weighted by Gasteiger charge is 2.21. The fraction of sp³-hybridized carbons (Fsp3) is 0.391. The van der Waals surface area contributed by atoms with Gasteiger partial charge in [-0.3, -0.25) is 19.8 Å². The van der Waals surface area contributed by atoms with E-state index in [2.05, 4.69) is 20.1 Å². The zero-order valence-electron chi connectivity index (χ0n) is 19.8. The lowest BCUT2D eigenvalue weighted by atomic mass is 10.1. The molecule has 0 saturated carbocycles. The number of nitrogens with one attached hydrogen (secondary N) is 1. The Bertz CT molecular complexity index is 1200. The van der Waals surface area contributed by atoms with E-state index in [1.807, 2.05) is 0 Å². The molecule has 12 heteroatoms. The number of amides is 1. The quantitative estimate of drug-likeness (QED) is 0.349. The SMILES string of the molecule is COc1cc(C(=O)NCCN2CCN(c3nc4ccc([N+](=O)[O-])cc4s3)CC2)cc(OC)c1OC. The first-order valence-corrected chi connectivity index (χ1v) is 11.9. The van der Waals surface area contributed by atoms with E-state index in [1.165, 1.54) is 38.7 Å². The molecule has 1 fully saturated rings. The van der Waals surface area contributed by atoms with Gasteiger partial charge < -0.3 is 24.4 Å². The standard InChI is InChI=1S/C23H27N5O6S/c1-32-18-12-15(13-19(33-2)21(18)34-3)22(29)24-6-7-26-8-10-27(11-9-26)23-25-17-5-4-16(28(30)31)14-20(17)35-23/h4-5,12-14H,6-11H2,1-3H3,(H,24,29). The molecule has 0 spiro atoms. The summed E-state index contributed by atoms with van der Waals surface area (Å²) in [4.78, 5) is 32.4. The van der Waals surface area contributed by atoms with Gasteiger partial charge >= 0.3 is 0 Å². The lowest BCUT2D eigenvalue weighted by Crippen LogP contribution is -2.48. The third-order valence-corrected chi connectivity index (χ3v) is 6.93. The van der Waals surface area contributed by atoms with E-state index in [9.17, 15) is 14.9 Å². The Hall–Kier alpha value is -3.64. The number of ether oxygens (including phenoxy) is 3. The second kappa shape index (κ2) is 10.7. The maximum Gasteiger partial charge on any atom is 0.270 e. The van der Waals surface area contributed by atoms with Crippen LogP contribution in [0.4, 0.5) is 10.8 Å². The Labute approximate surface area is 206 Å². The molecular weight excluding hydrogens is 474 g/mol. The van der Waals surface area contributed by atoms with E-state index in [0.717, 1.165) is 48.1 Å². The van der Waals surface area contributed by atoms with Gasteiger partial charge in [-0.15, -0.1) is 0 Å². The van der Waals surface area contributed by atoms with Crippen molar-refractivity contribution in [1.29, 1.82) is 0 Å². The summed E-state index contributed by atoms with van der Waals surface area (Å²) in [5.74, 6) is 1.08. The number of carbonyl (C=O) groups excluding carboxylic acids is 1. The van der Waals surface area contributed by atoms with E-state index in [-0.39, 0.29) is 11.6 Å². The number of nitro benzene ring substituents is 1. The fourth-order valence-corrected chi connectivity index (χ4v) is 5.00. The molecule has 0 radical (unpaired) electrons. The summed E-state index contributed by atoms with van der Waals surface area (Å²) in [7, 11) is 4.54. The van der Waals surface area contributed by atoms with Crippen LogP contribution in [0.3, 0.4) is 0 Å². The molecule has 1 saturated heterocycles. The zero-order valence-corrected chi connectivity index (χ0v) is 20.6. The minimum Gasteiger partial charge on any atom is -0.493 e. The molecule has 1 N–H and O–H groups in total. The van der Waals surface area contributed by atoms with Crippen LogP contribution in [0.5, 0.6) is 17.2 Å². The molecule has 4 rings (SSSR count). The number of fused-ring (bicyclic) bond motifs is 1. The normalized spacial score (nSPS) is 14.1. The first kappa shape index (κ1) is 24.5. The maximum atomic E-state index is 12.7. The summed E-state index contributed by atoms with van der Waals surface area (Å²) in [5.41, 5.74) is 1.28. The van der Waals surface area contributed by atoms with Gasteiger partial charge in [0.05, 0.1) is 36.5 Å².